The van der Waals surface area contributed by atoms with Crippen molar-refractivity contribution < 1.29 is 10.0 Å². The molecule has 1 fully saturated rings. The zero-order valence-electron chi connectivity index (χ0n) is 9.17. The second-order valence-electron chi connectivity index (χ2n) is 4.06. The predicted molar refractivity (Wildman–Crippen MR) is 68.3 cm³/mol. The molecule has 0 amide bonds. The van der Waals surface area contributed by atoms with E-state index in [0.29, 0.717) is 5.69 Å². The fourth-order valence-corrected chi connectivity index (χ4v) is 2.57. The summed E-state index contributed by atoms with van der Waals surface area (Å²) in [5.74, 6) is 0. The first kappa shape index (κ1) is 12.3. The van der Waals surface area contributed by atoms with Gasteiger partial charge in [-0.15, -0.1) is 0 Å². The molecule has 17 heavy (non-hydrogen) atoms. The van der Waals surface area contributed by atoms with Crippen molar-refractivity contribution in [2.75, 3.05) is 18.1 Å². The van der Waals surface area contributed by atoms with E-state index in [2.05, 4.69) is 15.9 Å². The lowest BCUT2D eigenvalue weighted by Crippen LogP contribution is -2.32. The Labute approximate surface area is 107 Å². The van der Waals surface area contributed by atoms with Gasteiger partial charge in [-0.05, 0) is 25.0 Å². The third-order valence-electron chi connectivity index (χ3n) is 3.03. The first-order valence-electron chi connectivity index (χ1n) is 5.45. The van der Waals surface area contributed by atoms with Crippen molar-refractivity contribution in [3.8, 4) is 0 Å². The van der Waals surface area contributed by atoms with Crippen LogP contribution in [0.1, 0.15) is 12.8 Å². The van der Waals surface area contributed by atoms with Gasteiger partial charge in [-0.2, -0.15) is 0 Å². The van der Waals surface area contributed by atoms with Gasteiger partial charge in [0.2, 0.25) is 0 Å². The fraction of sp³-hybridized carbons (Fsp3) is 0.455. The summed E-state index contributed by atoms with van der Waals surface area (Å²) in [6.07, 6.45) is 1.83. The van der Waals surface area contributed by atoms with Crippen LogP contribution in [-0.2, 0) is 0 Å². The molecular formula is C11H13BrN2O3. The zero-order chi connectivity index (χ0) is 12.4. The van der Waals surface area contributed by atoms with Crippen molar-refractivity contribution in [2.45, 2.75) is 18.9 Å². The molecule has 1 atom stereocenters. The summed E-state index contributed by atoms with van der Waals surface area (Å²) in [4.78, 5) is 12.5. The van der Waals surface area contributed by atoms with Crippen molar-refractivity contribution in [2.24, 2.45) is 0 Å². The van der Waals surface area contributed by atoms with E-state index in [4.69, 9.17) is 0 Å². The Morgan fingerprint density at radius 2 is 2.35 bits per heavy atom. The van der Waals surface area contributed by atoms with E-state index >= 15 is 0 Å². The number of anilines is 1. The molecule has 0 aromatic heterocycles. The maximum atomic E-state index is 11.0. The Morgan fingerprint density at radius 1 is 1.59 bits per heavy atom. The monoisotopic (exact) mass is 300 g/mol. The molecule has 5 nitrogen and oxygen atoms in total. The second kappa shape index (κ2) is 5.01. The molecule has 0 aliphatic carbocycles. The van der Waals surface area contributed by atoms with E-state index in [1.807, 2.05) is 4.90 Å². The average Bonchev–Trinajstić information content (AvgIpc) is 2.76. The van der Waals surface area contributed by atoms with E-state index < -0.39 is 0 Å². The number of aliphatic hydroxyl groups excluding tert-OH is 1. The molecule has 1 aromatic rings. The molecule has 0 saturated carbocycles. The number of nitro benzene ring substituents is 1. The largest absolute Gasteiger partial charge is 0.394 e. The van der Waals surface area contributed by atoms with Crippen LogP contribution in [0.5, 0.6) is 0 Å². The van der Waals surface area contributed by atoms with Gasteiger partial charge in [0, 0.05) is 17.1 Å². The molecule has 1 unspecified atom stereocenters. The minimum absolute atomic E-state index is 0.0111. The van der Waals surface area contributed by atoms with Gasteiger partial charge in [-0.3, -0.25) is 10.1 Å². The lowest BCUT2D eigenvalue weighted by atomic mass is 10.2. The highest BCUT2D eigenvalue weighted by molar-refractivity contribution is 9.10. The molecule has 0 spiro atoms. The van der Waals surface area contributed by atoms with Crippen LogP contribution >= 0.6 is 15.9 Å². The predicted octanol–water partition coefficient (Wildman–Crippen LogP) is 2.32. The molecule has 1 aromatic carbocycles. The summed E-state index contributed by atoms with van der Waals surface area (Å²) in [6.45, 7) is 0.784. The van der Waals surface area contributed by atoms with Crippen molar-refractivity contribution in [3.63, 3.8) is 0 Å². The number of benzene rings is 1. The number of aliphatic hydroxyl groups is 1. The molecule has 6 heteroatoms. The third kappa shape index (κ3) is 2.42. The van der Waals surface area contributed by atoms with Crippen LogP contribution in [-0.4, -0.2) is 29.2 Å². The van der Waals surface area contributed by atoms with Gasteiger partial charge in [0.1, 0.15) is 5.69 Å². The molecule has 0 radical (unpaired) electrons. The summed E-state index contributed by atoms with van der Waals surface area (Å²) in [5, 5.41) is 20.3. The van der Waals surface area contributed by atoms with Gasteiger partial charge >= 0.3 is 0 Å². The van der Waals surface area contributed by atoms with E-state index in [1.165, 1.54) is 6.07 Å². The van der Waals surface area contributed by atoms with E-state index in [0.717, 1.165) is 23.9 Å². The first-order valence-corrected chi connectivity index (χ1v) is 6.24. The van der Waals surface area contributed by atoms with Crippen LogP contribution in [0.15, 0.2) is 22.7 Å². The van der Waals surface area contributed by atoms with Gasteiger partial charge in [0.05, 0.1) is 17.6 Å². The molecule has 92 valence electrons. The number of nitro groups is 1. The van der Waals surface area contributed by atoms with Crippen LogP contribution in [0.2, 0.25) is 0 Å². The lowest BCUT2D eigenvalue weighted by Gasteiger charge is -2.25. The Balaban J connectivity index is 2.42. The molecule has 0 bridgehead atoms. The van der Waals surface area contributed by atoms with Crippen LogP contribution in [0, 0.1) is 10.1 Å². The van der Waals surface area contributed by atoms with Gasteiger partial charge in [0.25, 0.3) is 5.69 Å². The van der Waals surface area contributed by atoms with E-state index in [9.17, 15) is 15.2 Å². The normalized spacial score (nSPS) is 19.6. The third-order valence-corrected chi connectivity index (χ3v) is 3.52. The summed E-state index contributed by atoms with van der Waals surface area (Å²) < 4.78 is 0.807. The van der Waals surface area contributed by atoms with Gasteiger partial charge in [-0.1, -0.05) is 15.9 Å². The second-order valence-corrected chi connectivity index (χ2v) is 4.98. The first-order chi connectivity index (χ1) is 8.13. The highest BCUT2D eigenvalue weighted by atomic mass is 79.9. The van der Waals surface area contributed by atoms with Crippen molar-refractivity contribution in [1.82, 2.24) is 0 Å². The van der Waals surface area contributed by atoms with Gasteiger partial charge in [-0.25, -0.2) is 0 Å². The molecule has 1 aliphatic heterocycles. The smallest absolute Gasteiger partial charge is 0.292 e. The van der Waals surface area contributed by atoms with Crippen molar-refractivity contribution in [3.05, 3.63) is 32.8 Å². The highest BCUT2D eigenvalue weighted by Crippen LogP contribution is 2.35. The standard InChI is InChI=1S/C11H13BrN2O3/c12-8-3-4-10(14(16)17)11(6-8)13-5-1-2-9(13)7-15/h3-4,6,9,15H,1-2,5,7H2. The van der Waals surface area contributed by atoms with Gasteiger partial charge in [0.15, 0.2) is 0 Å². The Kier molecular flexibility index (Phi) is 3.63. The topological polar surface area (TPSA) is 66.6 Å². The quantitative estimate of drug-likeness (QED) is 0.687. The van der Waals surface area contributed by atoms with Crippen LogP contribution in [0.3, 0.4) is 0 Å². The minimum Gasteiger partial charge on any atom is -0.394 e. The SMILES string of the molecule is O=[N+]([O-])c1ccc(Br)cc1N1CCCC1CO. The number of rotatable bonds is 3. The van der Waals surface area contributed by atoms with Crippen molar-refractivity contribution in [1.29, 1.82) is 0 Å². The summed E-state index contributed by atoms with van der Waals surface area (Å²) in [5.41, 5.74) is 0.675. The number of hydrogen-bond acceptors (Lipinski definition) is 4. The number of hydrogen-bond donors (Lipinski definition) is 1. The molecule has 1 aliphatic rings. The molecule has 1 N–H and O–H groups in total. The maximum Gasteiger partial charge on any atom is 0.292 e. The average molecular weight is 301 g/mol. The van der Waals surface area contributed by atoms with Crippen LogP contribution in [0.4, 0.5) is 11.4 Å². The van der Waals surface area contributed by atoms with Gasteiger partial charge < -0.3 is 10.0 Å². The molecule has 1 heterocycles. The number of nitrogens with zero attached hydrogens (tertiary/aromatic N) is 2. The van der Waals surface area contributed by atoms with Crippen LogP contribution in [0.25, 0.3) is 0 Å². The Bertz CT molecular complexity index is 439. The lowest BCUT2D eigenvalue weighted by molar-refractivity contribution is -0.384. The zero-order valence-corrected chi connectivity index (χ0v) is 10.8. The summed E-state index contributed by atoms with van der Waals surface area (Å²) in [7, 11) is 0. The van der Waals surface area contributed by atoms with Crippen molar-refractivity contribution >= 4 is 27.3 Å². The van der Waals surface area contributed by atoms with E-state index in [1.54, 1.807) is 12.1 Å². The highest BCUT2D eigenvalue weighted by Gasteiger charge is 2.29. The maximum absolute atomic E-state index is 11.0. The summed E-state index contributed by atoms with van der Waals surface area (Å²) >= 11 is 3.32. The molecule has 2 rings (SSSR count). The van der Waals surface area contributed by atoms with Crippen LogP contribution < -0.4 is 4.90 Å². The summed E-state index contributed by atoms with van der Waals surface area (Å²) in [6, 6.07) is 4.88. The Hall–Kier alpha value is -1.14. The van der Waals surface area contributed by atoms with E-state index in [-0.39, 0.29) is 23.3 Å². The Morgan fingerprint density at radius 3 is 3.00 bits per heavy atom. The molecular weight excluding hydrogens is 288 g/mol. The fourth-order valence-electron chi connectivity index (χ4n) is 2.22. The minimum atomic E-state index is -0.380. The molecule has 1 saturated heterocycles. The number of halogens is 1.